The van der Waals surface area contributed by atoms with Gasteiger partial charge in [-0.05, 0) is 111 Å². The van der Waals surface area contributed by atoms with Gasteiger partial charge in [0.2, 0.25) is 0 Å². The van der Waals surface area contributed by atoms with E-state index in [1.165, 1.54) is 64.2 Å². The fraction of sp³-hybridized carbons (Fsp3) is 0.562. The van der Waals surface area contributed by atoms with Gasteiger partial charge in [0.1, 0.15) is 18.2 Å². The van der Waals surface area contributed by atoms with Gasteiger partial charge in [0, 0.05) is 5.39 Å². The number of rotatable bonds is 10. The Labute approximate surface area is 206 Å². The van der Waals surface area contributed by atoms with Crippen molar-refractivity contribution in [2.24, 2.45) is 23.7 Å². The molecule has 4 rings (SSSR count). The summed E-state index contributed by atoms with van der Waals surface area (Å²) in [5, 5.41) is 1.63. The van der Waals surface area contributed by atoms with E-state index in [0.29, 0.717) is 12.0 Å². The van der Waals surface area contributed by atoms with Crippen LogP contribution in [0.15, 0.2) is 55.1 Å². The summed E-state index contributed by atoms with van der Waals surface area (Å²) in [4.78, 5) is 0. The van der Waals surface area contributed by atoms with E-state index in [4.69, 9.17) is 4.74 Å². The molecule has 1 nitrogen and oxygen atoms in total. The molecule has 2 aromatic rings. The van der Waals surface area contributed by atoms with Crippen molar-refractivity contribution in [3.8, 4) is 5.75 Å². The Morgan fingerprint density at radius 3 is 2.24 bits per heavy atom. The summed E-state index contributed by atoms with van der Waals surface area (Å²) in [5.74, 6) is 4.36. The molecule has 0 radical (unpaired) electrons. The second-order valence-electron chi connectivity index (χ2n) is 10.8. The molecule has 0 N–H and O–H groups in total. The van der Waals surface area contributed by atoms with E-state index < -0.39 is 0 Å². The van der Waals surface area contributed by atoms with Gasteiger partial charge in [-0.1, -0.05) is 56.0 Å². The maximum Gasteiger partial charge on any atom is 0.134 e. The molecule has 2 aliphatic carbocycles. The van der Waals surface area contributed by atoms with Crippen molar-refractivity contribution in [2.45, 2.75) is 84.0 Å². The minimum Gasteiger partial charge on any atom is -0.490 e. The monoisotopic (exact) mass is 462 g/mol. The Kier molecular flexibility index (Phi) is 9.25. The van der Waals surface area contributed by atoms with Gasteiger partial charge in [0.15, 0.2) is 0 Å². The van der Waals surface area contributed by atoms with Gasteiger partial charge in [-0.25, -0.2) is 4.39 Å². The van der Waals surface area contributed by atoms with Gasteiger partial charge in [0.25, 0.3) is 0 Å². The summed E-state index contributed by atoms with van der Waals surface area (Å²) in [7, 11) is 0. The van der Waals surface area contributed by atoms with E-state index in [2.05, 4.69) is 18.7 Å². The maximum absolute atomic E-state index is 15.2. The van der Waals surface area contributed by atoms with Gasteiger partial charge in [-0.15, -0.1) is 6.58 Å². The van der Waals surface area contributed by atoms with E-state index in [1.54, 1.807) is 0 Å². The van der Waals surface area contributed by atoms with Crippen LogP contribution in [0.2, 0.25) is 0 Å². The first-order valence-corrected chi connectivity index (χ1v) is 13.7. The molecule has 2 saturated carbocycles. The van der Waals surface area contributed by atoms with Crippen molar-refractivity contribution in [3.63, 3.8) is 0 Å². The number of fused-ring (bicyclic) bond motifs is 1. The van der Waals surface area contributed by atoms with Crippen LogP contribution in [-0.4, -0.2) is 6.61 Å². The maximum atomic E-state index is 15.2. The normalized spacial score (nSPS) is 25.6. The number of ether oxygens (including phenoxy) is 1. The Bertz CT molecular complexity index is 945. The van der Waals surface area contributed by atoms with E-state index in [0.717, 1.165) is 53.2 Å². The third-order valence-electron chi connectivity index (χ3n) is 8.64. The van der Waals surface area contributed by atoms with Gasteiger partial charge >= 0.3 is 0 Å². The number of hydrogen-bond donors (Lipinski definition) is 0. The summed E-state index contributed by atoms with van der Waals surface area (Å²) in [6, 6.07) is 9.74. The van der Waals surface area contributed by atoms with Crippen molar-refractivity contribution >= 4 is 10.8 Å². The molecule has 0 bridgehead atoms. The zero-order valence-electron chi connectivity index (χ0n) is 21.1. The lowest BCUT2D eigenvalue weighted by atomic mass is 9.68. The highest BCUT2D eigenvalue weighted by Crippen LogP contribution is 2.43. The van der Waals surface area contributed by atoms with Crippen LogP contribution < -0.4 is 4.74 Å². The minimum absolute atomic E-state index is 0.0422. The standard InChI is InChI=1S/C32H43FO/c1-3-5-7-24-8-13-26(14-9-24)27-15-10-25(11-16-27)12-17-28-18-19-29-23-30(34-22-6-4-2)20-21-31(29)32(28)33/h3-4,6,18-21,23-27H,1,5,7-17,22H2,2H3. The van der Waals surface area contributed by atoms with Crippen molar-refractivity contribution in [3.05, 3.63) is 66.5 Å². The van der Waals surface area contributed by atoms with Crippen LogP contribution >= 0.6 is 0 Å². The Morgan fingerprint density at radius 2 is 1.59 bits per heavy atom. The molecule has 0 atom stereocenters. The topological polar surface area (TPSA) is 9.23 Å². The zero-order valence-corrected chi connectivity index (χ0v) is 21.1. The second-order valence-corrected chi connectivity index (χ2v) is 10.8. The summed E-state index contributed by atoms with van der Waals surface area (Å²) in [6.07, 6.45) is 21.7. The molecule has 0 aliphatic heterocycles. The molecule has 0 heterocycles. The third kappa shape index (κ3) is 6.52. The van der Waals surface area contributed by atoms with Crippen molar-refractivity contribution < 1.29 is 9.13 Å². The molecular weight excluding hydrogens is 419 g/mol. The van der Waals surface area contributed by atoms with Gasteiger partial charge in [-0.2, -0.15) is 0 Å². The average Bonchev–Trinajstić information content (AvgIpc) is 2.88. The number of halogens is 1. The van der Waals surface area contributed by atoms with Crippen molar-refractivity contribution in [1.29, 1.82) is 0 Å². The smallest absolute Gasteiger partial charge is 0.134 e. The Hall–Kier alpha value is -2.09. The van der Waals surface area contributed by atoms with Gasteiger partial charge < -0.3 is 4.74 Å². The predicted molar refractivity (Wildman–Crippen MR) is 143 cm³/mol. The highest BCUT2D eigenvalue weighted by molar-refractivity contribution is 5.85. The van der Waals surface area contributed by atoms with Crippen molar-refractivity contribution in [2.75, 3.05) is 6.61 Å². The fourth-order valence-corrected chi connectivity index (χ4v) is 6.45. The SMILES string of the molecule is C=CCCC1CCC(C2CCC(CCc3ccc4cc(OCC=CC)ccc4c3F)CC2)CC1. The molecule has 34 heavy (non-hydrogen) atoms. The highest BCUT2D eigenvalue weighted by atomic mass is 19.1. The van der Waals surface area contributed by atoms with Crippen LogP contribution in [0.1, 0.15) is 83.1 Å². The Balaban J connectivity index is 1.24. The van der Waals surface area contributed by atoms with E-state index in [1.807, 2.05) is 43.3 Å². The molecule has 0 aromatic heterocycles. The lowest BCUT2D eigenvalue weighted by Gasteiger charge is -2.38. The third-order valence-corrected chi connectivity index (χ3v) is 8.64. The molecule has 2 aromatic carbocycles. The van der Waals surface area contributed by atoms with E-state index >= 15 is 4.39 Å². The zero-order chi connectivity index (χ0) is 23.8. The molecular formula is C32H43FO. The Morgan fingerprint density at radius 1 is 0.912 bits per heavy atom. The average molecular weight is 463 g/mol. The second kappa shape index (κ2) is 12.6. The van der Waals surface area contributed by atoms with Crippen LogP contribution in [-0.2, 0) is 6.42 Å². The van der Waals surface area contributed by atoms with Crippen LogP contribution in [0, 0.1) is 29.5 Å². The lowest BCUT2D eigenvalue weighted by Crippen LogP contribution is -2.26. The first-order chi connectivity index (χ1) is 16.7. The fourth-order valence-electron chi connectivity index (χ4n) is 6.45. The van der Waals surface area contributed by atoms with Crippen LogP contribution in [0.5, 0.6) is 5.75 Å². The highest BCUT2D eigenvalue weighted by Gasteiger charge is 2.30. The quantitative estimate of drug-likeness (QED) is 0.319. The van der Waals surface area contributed by atoms with E-state index in [-0.39, 0.29) is 5.82 Å². The first kappa shape index (κ1) is 25.0. The van der Waals surface area contributed by atoms with E-state index in [9.17, 15) is 0 Å². The molecule has 0 amide bonds. The molecule has 2 aliphatic rings. The molecule has 0 saturated heterocycles. The van der Waals surface area contributed by atoms with Crippen molar-refractivity contribution in [1.82, 2.24) is 0 Å². The largest absolute Gasteiger partial charge is 0.490 e. The number of aryl methyl sites for hydroxylation is 1. The van der Waals surface area contributed by atoms with Crippen LogP contribution in [0.25, 0.3) is 10.8 Å². The summed E-state index contributed by atoms with van der Waals surface area (Å²) in [5.41, 5.74) is 0.870. The molecule has 0 spiro atoms. The molecule has 0 unspecified atom stereocenters. The first-order valence-electron chi connectivity index (χ1n) is 13.7. The number of benzene rings is 2. The number of hydrogen-bond acceptors (Lipinski definition) is 1. The summed E-state index contributed by atoms with van der Waals surface area (Å²) >= 11 is 0. The molecule has 2 heteroatoms. The molecule has 184 valence electrons. The van der Waals surface area contributed by atoms with Crippen LogP contribution in [0.4, 0.5) is 4.39 Å². The summed E-state index contributed by atoms with van der Waals surface area (Å²) < 4.78 is 20.9. The number of allylic oxidation sites excluding steroid dienone is 2. The van der Waals surface area contributed by atoms with Crippen LogP contribution in [0.3, 0.4) is 0 Å². The molecule has 2 fully saturated rings. The van der Waals surface area contributed by atoms with Gasteiger partial charge in [0.05, 0.1) is 0 Å². The van der Waals surface area contributed by atoms with Gasteiger partial charge in [-0.3, -0.25) is 0 Å². The lowest BCUT2D eigenvalue weighted by molar-refractivity contribution is 0.141. The summed E-state index contributed by atoms with van der Waals surface area (Å²) in [6.45, 7) is 6.40. The minimum atomic E-state index is -0.0422. The predicted octanol–water partition coefficient (Wildman–Crippen LogP) is 9.45.